The number of fused-ring (bicyclic) bond motifs is 2. The largest absolute Gasteiger partial charge is 0.493 e. The minimum Gasteiger partial charge on any atom is -0.493 e. The van der Waals surface area contributed by atoms with Crippen molar-refractivity contribution in [3.8, 4) is 16.9 Å². The van der Waals surface area contributed by atoms with E-state index in [9.17, 15) is 8.28 Å². The topological polar surface area (TPSA) is 39.9 Å². The number of hydrogen-bond donors (Lipinski definition) is 0. The van der Waals surface area contributed by atoms with Gasteiger partial charge in [-0.25, -0.2) is 18.3 Å². The van der Waals surface area contributed by atoms with E-state index in [0.717, 1.165) is 0 Å². The molecule has 0 radical (unpaired) electrons. The third-order valence-corrected chi connectivity index (χ3v) is 5.09. The van der Waals surface area contributed by atoms with Crippen LogP contribution in [0.5, 0.6) is 5.75 Å². The summed E-state index contributed by atoms with van der Waals surface area (Å²) < 4.78 is 35.1. The van der Waals surface area contributed by atoms with E-state index in [1.807, 2.05) is 0 Å². The van der Waals surface area contributed by atoms with Gasteiger partial charge in [-0.15, -0.1) is 15.2 Å². The summed E-state index contributed by atoms with van der Waals surface area (Å²) in [6.07, 6.45) is 1.54. The zero-order chi connectivity index (χ0) is 16.8. The SMILES string of the molecule is COc1c(-c2cn(SF)c3nc(Cl)ccc23)cc2scnc2c1F. The normalized spacial score (nSPS) is 11.5. The molecule has 0 aliphatic carbocycles. The van der Waals surface area contributed by atoms with Crippen LogP contribution < -0.4 is 4.74 Å². The third-order valence-electron chi connectivity index (χ3n) is 3.68. The number of thiazole rings is 1. The van der Waals surface area contributed by atoms with Crippen molar-refractivity contribution < 1.29 is 13.0 Å². The molecule has 0 amide bonds. The van der Waals surface area contributed by atoms with Gasteiger partial charge in [0.05, 0.1) is 17.3 Å². The van der Waals surface area contributed by atoms with Crippen LogP contribution in [0.15, 0.2) is 29.9 Å². The van der Waals surface area contributed by atoms with Crippen LogP contribution in [0.1, 0.15) is 0 Å². The molecule has 1 aromatic carbocycles. The first-order chi connectivity index (χ1) is 11.6. The second-order valence-corrected chi connectivity index (χ2v) is 6.72. The minimum atomic E-state index is -0.540. The molecule has 122 valence electrons. The number of halogens is 3. The molecule has 0 atom stereocenters. The highest BCUT2D eigenvalue weighted by atomic mass is 35.5. The summed E-state index contributed by atoms with van der Waals surface area (Å²) in [6.45, 7) is 0. The second-order valence-electron chi connectivity index (χ2n) is 4.91. The molecule has 0 N–H and O–H groups in total. The van der Waals surface area contributed by atoms with Crippen molar-refractivity contribution in [1.29, 1.82) is 0 Å². The molecule has 0 fully saturated rings. The first-order valence-electron chi connectivity index (χ1n) is 6.70. The fourth-order valence-electron chi connectivity index (χ4n) is 2.66. The fourth-order valence-corrected chi connectivity index (χ4v) is 3.87. The van der Waals surface area contributed by atoms with E-state index in [0.29, 0.717) is 26.9 Å². The van der Waals surface area contributed by atoms with Gasteiger partial charge in [-0.1, -0.05) is 11.6 Å². The standard InChI is InChI=1S/C15H8ClF2N3OS2/c1-22-14-8(4-10-13(12(14)17)19-6-23-10)9-5-21(24-18)15-7(9)2-3-11(16)20-15/h2-6H,1H3. The first kappa shape index (κ1) is 15.6. The maximum absolute atomic E-state index is 14.7. The summed E-state index contributed by atoms with van der Waals surface area (Å²) in [7, 11) is 1.39. The molecule has 0 spiro atoms. The van der Waals surface area contributed by atoms with Gasteiger partial charge < -0.3 is 4.74 Å². The van der Waals surface area contributed by atoms with Crippen LogP contribution in [-0.4, -0.2) is 21.1 Å². The smallest absolute Gasteiger partial charge is 0.192 e. The molecule has 0 aliphatic heterocycles. The van der Waals surface area contributed by atoms with Gasteiger partial charge in [0.1, 0.15) is 10.7 Å². The Balaban J connectivity index is 2.09. The van der Waals surface area contributed by atoms with Gasteiger partial charge in [-0.05, 0) is 18.2 Å². The predicted molar refractivity (Wildman–Crippen MR) is 94.0 cm³/mol. The van der Waals surface area contributed by atoms with Gasteiger partial charge in [-0.2, -0.15) is 0 Å². The number of ether oxygens (including phenoxy) is 1. The zero-order valence-corrected chi connectivity index (χ0v) is 14.5. The summed E-state index contributed by atoms with van der Waals surface area (Å²) in [5.74, 6) is -0.478. The van der Waals surface area contributed by atoms with Crippen molar-refractivity contribution in [2.24, 2.45) is 0 Å². The van der Waals surface area contributed by atoms with Crippen molar-refractivity contribution in [3.05, 3.63) is 40.9 Å². The molecule has 3 heterocycles. The van der Waals surface area contributed by atoms with Gasteiger partial charge in [0.15, 0.2) is 29.5 Å². The molecule has 0 saturated heterocycles. The quantitative estimate of drug-likeness (QED) is 0.438. The number of nitrogens with zero attached hydrogens (tertiary/aromatic N) is 3. The van der Waals surface area contributed by atoms with Crippen LogP contribution >= 0.6 is 35.3 Å². The van der Waals surface area contributed by atoms with E-state index in [1.165, 1.54) is 22.4 Å². The Kier molecular flexibility index (Phi) is 3.82. The Morgan fingerprint density at radius 1 is 1.33 bits per heavy atom. The first-order valence-corrected chi connectivity index (χ1v) is 8.64. The minimum absolute atomic E-state index is 0.00334. The molecule has 4 rings (SSSR count). The summed E-state index contributed by atoms with van der Waals surface area (Å²) in [5.41, 5.74) is 3.29. The van der Waals surface area contributed by atoms with Crippen LogP contribution in [0.2, 0.25) is 5.15 Å². The average molecular weight is 384 g/mol. The molecule has 0 unspecified atom stereocenters. The molecular weight excluding hydrogens is 376 g/mol. The van der Waals surface area contributed by atoms with Gasteiger partial charge >= 0.3 is 0 Å². The van der Waals surface area contributed by atoms with Crippen LogP contribution in [0, 0.1) is 5.82 Å². The fraction of sp³-hybridized carbons (Fsp3) is 0.0667. The van der Waals surface area contributed by atoms with Crippen LogP contribution in [0.25, 0.3) is 32.4 Å². The van der Waals surface area contributed by atoms with Gasteiger partial charge in [0.25, 0.3) is 0 Å². The summed E-state index contributed by atoms with van der Waals surface area (Å²) in [4.78, 5) is 8.17. The molecule has 4 nitrogen and oxygen atoms in total. The van der Waals surface area contributed by atoms with E-state index >= 15 is 0 Å². The van der Waals surface area contributed by atoms with Crippen molar-refractivity contribution in [1.82, 2.24) is 13.9 Å². The highest BCUT2D eigenvalue weighted by Gasteiger charge is 2.21. The highest BCUT2D eigenvalue weighted by molar-refractivity contribution is 7.92. The monoisotopic (exact) mass is 383 g/mol. The molecular formula is C15H8ClF2N3OS2. The van der Waals surface area contributed by atoms with Gasteiger partial charge in [0.2, 0.25) is 0 Å². The molecule has 0 aliphatic rings. The number of rotatable bonds is 3. The number of aromatic nitrogens is 3. The molecule has 3 aromatic heterocycles. The number of pyridine rings is 1. The maximum atomic E-state index is 14.7. The lowest BCUT2D eigenvalue weighted by molar-refractivity contribution is 0.390. The Bertz CT molecular complexity index is 1080. The summed E-state index contributed by atoms with van der Waals surface area (Å²) >= 11 is 7.22. The lowest BCUT2D eigenvalue weighted by Gasteiger charge is -2.09. The van der Waals surface area contributed by atoms with Crippen molar-refractivity contribution in [2.45, 2.75) is 0 Å². The molecule has 0 bridgehead atoms. The molecule has 24 heavy (non-hydrogen) atoms. The van der Waals surface area contributed by atoms with E-state index in [1.54, 1.807) is 29.9 Å². The number of hydrogen-bond acceptors (Lipinski definition) is 5. The van der Waals surface area contributed by atoms with Crippen molar-refractivity contribution in [3.63, 3.8) is 0 Å². The predicted octanol–water partition coefficient (Wildman–Crippen LogP) is 5.49. The number of benzene rings is 1. The molecule has 0 saturated carbocycles. The third kappa shape index (κ3) is 2.25. The Morgan fingerprint density at radius 2 is 2.17 bits per heavy atom. The zero-order valence-electron chi connectivity index (χ0n) is 12.1. The van der Waals surface area contributed by atoms with Crippen LogP contribution in [0.3, 0.4) is 0 Å². The second kappa shape index (κ2) is 5.87. The van der Waals surface area contributed by atoms with Crippen molar-refractivity contribution >= 4 is 56.5 Å². The van der Waals surface area contributed by atoms with E-state index in [2.05, 4.69) is 9.97 Å². The van der Waals surface area contributed by atoms with E-state index in [4.69, 9.17) is 16.3 Å². The van der Waals surface area contributed by atoms with Crippen LogP contribution in [0.4, 0.5) is 8.28 Å². The van der Waals surface area contributed by atoms with E-state index in [-0.39, 0.29) is 28.8 Å². The lowest BCUT2D eigenvalue weighted by Crippen LogP contribution is -1.93. The van der Waals surface area contributed by atoms with Crippen LogP contribution in [-0.2, 0) is 0 Å². The van der Waals surface area contributed by atoms with E-state index < -0.39 is 5.82 Å². The molecule has 4 aromatic rings. The van der Waals surface area contributed by atoms with Gasteiger partial charge in [0, 0.05) is 22.7 Å². The molecule has 9 heteroatoms. The van der Waals surface area contributed by atoms with Crippen molar-refractivity contribution in [2.75, 3.05) is 7.11 Å². The number of methoxy groups -OCH3 is 1. The lowest BCUT2D eigenvalue weighted by atomic mass is 10.0. The highest BCUT2D eigenvalue weighted by Crippen LogP contribution is 2.42. The summed E-state index contributed by atoms with van der Waals surface area (Å²) in [5, 5.41) is 0.893. The van der Waals surface area contributed by atoms with Gasteiger partial charge in [-0.3, -0.25) is 0 Å². The summed E-state index contributed by atoms with van der Waals surface area (Å²) in [6, 6.07) is 5.11. The Labute approximate surface area is 148 Å². The Morgan fingerprint density at radius 3 is 2.92 bits per heavy atom. The average Bonchev–Trinajstić information content (AvgIpc) is 3.18. The Hall–Kier alpha value is -1.90. The maximum Gasteiger partial charge on any atom is 0.192 e.